The smallest absolute Gasteiger partial charge is 0.335 e. The van der Waals surface area contributed by atoms with Crippen LogP contribution in [0.1, 0.15) is 42.1 Å². The van der Waals surface area contributed by atoms with Crippen molar-refractivity contribution in [2.24, 2.45) is 0 Å². The standard InChI is InChI=1S/C17H19NO4S/c1-3-12(2)13-7-9-15(10-8-13)18-23(21,22)16-6-4-5-14(11-16)17(19)20/h4-12,18H,3H2,1-2H3,(H,19,20)/t12-/m0/s1. The van der Waals surface area contributed by atoms with Crippen LogP contribution in [0.2, 0.25) is 0 Å². The van der Waals surface area contributed by atoms with Crippen molar-refractivity contribution in [1.82, 2.24) is 0 Å². The zero-order chi connectivity index (χ0) is 17.0. The van der Waals surface area contributed by atoms with E-state index in [1.54, 1.807) is 12.1 Å². The summed E-state index contributed by atoms with van der Waals surface area (Å²) in [5.41, 5.74) is 1.51. The van der Waals surface area contributed by atoms with Gasteiger partial charge in [0.15, 0.2) is 0 Å². The van der Waals surface area contributed by atoms with Gasteiger partial charge in [-0.2, -0.15) is 0 Å². The molecule has 2 aromatic rings. The fourth-order valence-corrected chi connectivity index (χ4v) is 3.23. The lowest BCUT2D eigenvalue weighted by atomic mass is 9.99. The van der Waals surface area contributed by atoms with E-state index >= 15 is 0 Å². The van der Waals surface area contributed by atoms with Crippen LogP contribution in [0.5, 0.6) is 0 Å². The molecular formula is C17H19NO4S. The van der Waals surface area contributed by atoms with Crippen LogP contribution in [0.4, 0.5) is 5.69 Å². The lowest BCUT2D eigenvalue weighted by Crippen LogP contribution is -2.13. The highest BCUT2D eigenvalue weighted by molar-refractivity contribution is 7.92. The van der Waals surface area contributed by atoms with Gasteiger partial charge in [-0.25, -0.2) is 13.2 Å². The predicted molar refractivity (Wildman–Crippen MR) is 89.4 cm³/mol. The van der Waals surface area contributed by atoms with Crippen LogP contribution in [-0.4, -0.2) is 19.5 Å². The van der Waals surface area contributed by atoms with Crippen LogP contribution < -0.4 is 4.72 Å². The number of anilines is 1. The number of hydrogen-bond donors (Lipinski definition) is 2. The molecule has 6 heteroatoms. The molecule has 0 bridgehead atoms. The average Bonchev–Trinajstić information content (AvgIpc) is 2.54. The molecule has 0 spiro atoms. The minimum absolute atomic E-state index is 0.0695. The highest BCUT2D eigenvalue weighted by Gasteiger charge is 2.16. The summed E-state index contributed by atoms with van der Waals surface area (Å²) in [6, 6.07) is 12.5. The molecule has 2 N–H and O–H groups in total. The first-order valence-electron chi connectivity index (χ1n) is 7.29. The molecule has 0 radical (unpaired) electrons. The normalized spacial score (nSPS) is 12.6. The van der Waals surface area contributed by atoms with Gasteiger partial charge in [0.2, 0.25) is 0 Å². The topological polar surface area (TPSA) is 83.5 Å². The highest BCUT2D eigenvalue weighted by Crippen LogP contribution is 2.22. The number of carboxylic acids is 1. The summed E-state index contributed by atoms with van der Waals surface area (Å²) in [5.74, 6) is -0.757. The molecule has 0 saturated carbocycles. The van der Waals surface area contributed by atoms with Crippen molar-refractivity contribution in [3.05, 3.63) is 59.7 Å². The number of carboxylic acid groups (broad SMARTS) is 1. The Bertz CT molecular complexity index is 798. The number of carbonyl (C=O) groups is 1. The molecule has 23 heavy (non-hydrogen) atoms. The van der Waals surface area contributed by atoms with Crippen LogP contribution in [0.25, 0.3) is 0 Å². The van der Waals surface area contributed by atoms with Crippen LogP contribution in [0, 0.1) is 0 Å². The molecule has 0 amide bonds. The van der Waals surface area contributed by atoms with E-state index in [4.69, 9.17) is 5.11 Å². The van der Waals surface area contributed by atoms with Gasteiger partial charge in [-0.15, -0.1) is 0 Å². The van der Waals surface area contributed by atoms with Crippen molar-refractivity contribution in [2.45, 2.75) is 31.1 Å². The Balaban J connectivity index is 2.24. The molecule has 0 aliphatic heterocycles. The summed E-state index contributed by atoms with van der Waals surface area (Å²) in [6.07, 6.45) is 1.01. The van der Waals surface area contributed by atoms with E-state index in [9.17, 15) is 13.2 Å². The molecule has 0 aliphatic carbocycles. The van der Waals surface area contributed by atoms with Crippen LogP contribution in [-0.2, 0) is 10.0 Å². The molecule has 2 aromatic carbocycles. The second-order valence-electron chi connectivity index (χ2n) is 5.37. The first-order valence-corrected chi connectivity index (χ1v) is 8.78. The molecule has 5 nitrogen and oxygen atoms in total. The van der Waals surface area contributed by atoms with Gasteiger partial charge in [0.1, 0.15) is 0 Å². The van der Waals surface area contributed by atoms with E-state index in [2.05, 4.69) is 18.6 Å². The Morgan fingerprint density at radius 1 is 1.17 bits per heavy atom. The van der Waals surface area contributed by atoms with Crippen molar-refractivity contribution in [1.29, 1.82) is 0 Å². The molecule has 0 fully saturated rings. The maximum Gasteiger partial charge on any atom is 0.335 e. The van der Waals surface area contributed by atoms with E-state index < -0.39 is 16.0 Å². The Morgan fingerprint density at radius 3 is 2.39 bits per heavy atom. The Morgan fingerprint density at radius 2 is 1.83 bits per heavy atom. The van der Waals surface area contributed by atoms with Crippen molar-refractivity contribution in [2.75, 3.05) is 4.72 Å². The van der Waals surface area contributed by atoms with Gasteiger partial charge in [-0.3, -0.25) is 4.72 Å². The summed E-state index contributed by atoms with van der Waals surface area (Å²) in [7, 11) is -3.82. The highest BCUT2D eigenvalue weighted by atomic mass is 32.2. The number of nitrogens with one attached hydrogen (secondary N) is 1. The SMILES string of the molecule is CC[C@H](C)c1ccc(NS(=O)(=O)c2cccc(C(=O)O)c2)cc1. The van der Waals surface area contributed by atoms with Gasteiger partial charge < -0.3 is 5.11 Å². The molecule has 2 rings (SSSR count). The van der Waals surface area contributed by atoms with E-state index in [1.165, 1.54) is 18.2 Å². The molecule has 0 aliphatic rings. The Hall–Kier alpha value is -2.34. The molecule has 0 unspecified atom stereocenters. The van der Waals surface area contributed by atoms with E-state index in [0.717, 1.165) is 18.1 Å². The van der Waals surface area contributed by atoms with Crippen LogP contribution >= 0.6 is 0 Å². The van der Waals surface area contributed by atoms with Gasteiger partial charge in [-0.1, -0.05) is 32.0 Å². The third kappa shape index (κ3) is 4.10. The number of benzene rings is 2. The molecule has 0 aromatic heterocycles. The molecule has 0 heterocycles. The quantitative estimate of drug-likeness (QED) is 0.844. The fourth-order valence-electron chi connectivity index (χ4n) is 2.13. The fraction of sp³-hybridized carbons (Fsp3) is 0.235. The number of rotatable bonds is 6. The third-order valence-electron chi connectivity index (χ3n) is 3.74. The van der Waals surface area contributed by atoms with E-state index in [1.807, 2.05) is 12.1 Å². The summed E-state index contributed by atoms with van der Waals surface area (Å²) >= 11 is 0. The Labute approximate surface area is 136 Å². The van der Waals surface area contributed by atoms with Gasteiger partial charge in [0.05, 0.1) is 10.5 Å². The summed E-state index contributed by atoms with van der Waals surface area (Å²) in [6.45, 7) is 4.20. The summed E-state index contributed by atoms with van der Waals surface area (Å²) in [4.78, 5) is 10.9. The van der Waals surface area contributed by atoms with E-state index in [-0.39, 0.29) is 10.5 Å². The zero-order valence-electron chi connectivity index (χ0n) is 13.0. The lowest BCUT2D eigenvalue weighted by molar-refractivity contribution is 0.0696. The van der Waals surface area contributed by atoms with Crippen LogP contribution in [0.15, 0.2) is 53.4 Å². The zero-order valence-corrected chi connectivity index (χ0v) is 13.8. The van der Waals surface area contributed by atoms with Gasteiger partial charge in [0.25, 0.3) is 10.0 Å². The first-order chi connectivity index (χ1) is 10.8. The molecule has 1 atom stereocenters. The number of aromatic carboxylic acids is 1. The van der Waals surface area contributed by atoms with Crippen molar-refractivity contribution in [3.8, 4) is 0 Å². The maximum atomic E-state index is 12.3. The van der Waals surface area contributed by atoms with Gasteiger partial charge in [0, 0.05) is 5.69 Å². The van der Waals surface area contributed by atoms with Crippen molar-refractivity contribution < 1.29 is 18.3 Å². The summed E-state index contributed by atoms with van der Waals surface area (Å²) in [5, 5.41) is 8.96. The molecule has 122 valence electrons. The first kappa shape index (κ1) is 17.0. The Kier molecular flexibility index (Phi) is 5.05. The largest absolute Gasteiger partial charge is 0.478 e. The average molecular weight is 333 g/mol. The molecule has 0 saturated heterocycles. The van der Waals surface area contributed by atoms with Gasteiger partial charge in [-0.05, 0) is 48.2 Å². The number of hydrogen-bond acceptors (Lipinski definition) is 3. The van der Waals surface area contributed by atoms with Gasteiger partial charge >= 0.3 is 5.97 Å². The van der Waals surface area contributed by atoms with Crippen molar-refractivity contribution in [3.63, 3.8) is 0 Å². The minimum Gasteiger partial charge on any atom is -0.478 e. The third-order valence-corrected chi connectivity index (χ3v) is 5.11. The number of sulfonamides is 1. The van der Waals surface area contributed by atoms with Crippen LogP contribution in [0.3, 0.4) is 0 Å². The maximum absolute atomic E-state index is 12.3. The second kappa shape index (κ2) is 6.83. The molecular weight excluding hydrogens is 314 g/mol. The predicted octanol–water partition coefficient (Wildman–Crippen LogP) is 3.70. The van der Waals surface area contributed by atoms with Crippen molar-refractivity contribution >= 4 is 21.7 Å². The minimum atomic E-state index is -3.82. The van der Waals surface area contributed by atoms with E-state index in [0.29, 0.717) is 11.6 Å². The monoisotopic (exact) mass is 333 g/mol. The summed E-state index contributed by atoms with van der Waals surface area (Å²) < 4.78 is 27.2. The second-order valence-corrected chi connectivity index (χ2v) is 7.05. The lowest BCUT2D eigenvalue weighted by Gasteiger charge is -2.12.